The van der Waals surface area contributed by atoms with Gasteiger partial charge in [0.1, 0.15) is 0 Å². The van der Waals surface area contributed by atoms with E-state index in [9.17, 15) is 0 Å². The summed E-state index contributed by atoms with van der Waals surface area (Å²) in [6.45, 7) is 2.97. The van der Waals surface area contributed by atoms with Gasteiger partial charge >= 0.3 is 0 Å². The summed E-state index contributed by atoms with van der Waals surface area (Å²) >= 11 is 0. The first-order chi connectivity index (χ1) is 21.8. The molecule has 2 aliphatic heterocycles. The van der Waals surface area contributed by atoms with E-state index in [2.05, 4.69) is 173 Å². The molecule has 0 N–H and O–H groups in total. The third-order valence-electron chi connectivity index (χ3n) is 9.34. The van der Waals surface area contributed by atoms with E-state index in [1.165, 1.54) is 72.2 Å². The van der Waals surface area contributed by atoms with Crippen molar-refractivity contribution >= 4 is 44.8 Å². The van der Waals surface area contributed by atoms with Gasteiger partial charge in [0, 0.05) is 39.7 Å². The highest BCUT2D eigenvalue weighted by Crippen LogP contribution is 2.55. The zero-order valence-electron chi connectivity index (χ0n) is 24.6. The first-order valence-electron chi connectivity index (χ1n) is 15.4. The number of rotatable bonds is 3. The Morgan fingerprint density at radius 2 is 1.16 bits per heavy atom. The van der Waals surface area contributed by atoms with E-state index >= 15 is 0 Å². The second-order valence-electron chi connectivity index (χ2n) is 11.8. The minimum Gasteiger partial charge on any atom is -0.310 e. The average Bonchev–Trinajstić information content (AvgIpc) is 3.07. The predicted octanol–water partition coefficient (Wildman–Crippen LogP) is 9.32. The van der Waals surface area contributed by atoms with Gasteiger partial charge in [0.15, 0.2) is 25.1 Å². The number of anilines is 3. The van der Waals surface area contributed by atoms with Crippen LogP contribution in [0.4, 0.5) is 17.1 Å². The number of pyridine rings is 2. The van der Waals surface area contributed by atoms with Gasteiger partial charge in [0.2, 0.25) is 11.4 Å². The molecule has 0 amide bonds. The van der Waals surface area contributed by atoms with Crippen LogP contribution in [0.3, 0.4) is 0 Å². The van der Waals surface area contributed by atoms with Crippen molar-refractivity contribution in [1.82, 2.24) is 0 Å². The molecule has 0 saturated heterocycles. The van der Waals surface area contributed by atoms with Crippen LogP contribution in [0.5, 0.6) is 0 Å². The molecule has 0 bridgehead atoms. The molecule has 1 unspecified atom stereocenters. The summed E-state index contributed by atoms with van der Waals surface area (Å²) in [6.07, 6.45) is 8.91. The Bertz CT molecular complexity index is 2280. The van der Waals surface area contributed by atoms with Crippen LogP contribution in [0.2, 0.25) is 0 Å². The number of aromatic nitrogens is 2. The van der Waals surface area contributed by atoms with Crippen molar-refractivity contribution in [2.24, 2.45) is 0 Å². The Kier molecular flexibility index (Phi) is 5.54. The van der Waals surface area contributed by atoms with Crippen molar-refractivity contribution in [3.05, 3.63) is 157 Å². The highest BCUT2D eigenvalue weighted by atomic mass is 15.2. The molecule has 2 aliphatic rings. The fraction of sp³-hybridized carbons (Fsp3) is 0.0732. The number of hydrogen-bond acceptors (Lipinski definition) is 1. The van der Waals surface area contributed by atoms with Crippen molar-refractivity contribution in [3.63, 3.8) is 0 Å². The lowest BCUT2D eigenvalue weighted by molar-refractivity contribution is -0.688. The molecule has 0 spiro atoms. The zero-order chi connectivity index (χ0) is 29.2. The van der Waals surface area contributed by atoms with Gasteiger partial charge in [-0.1, -0.05) is 66.7 Å². The van der Waals surface area contributed by atoms with Crippen LogP contribution in [0.1, 0.15) is 24.0 Å². The second-order valence-corrected chi connectivity index (χ2v) is 11.8. The fourth-order valence-corrected chi connectivity index (χ4v) is 7.50. The van der Waals surface area contributed by atoms with Crippen molar-refractivity contribution < 1.29 is 9.13 Å². The number of hydrogen-bond donors (Lipinski definition) is 0. The van der Waals surface area contributed by atoms with Crippen LogP contribution in [0.25, 0.3) is 50.3 Å². The Morgan fingerprint density at radius 3 is 1.82 bits per heavy atom. The molecule has 4 heterocycles. The van der Waals surface area contributed by atoms with E-state index in [0.717, 1.165) is 6.54 Å². The molecule has 0 aliphatic carbocycles. The Labute approximate surface area is 257 Å². The first kappa shape index (κ1) is 25.0. The quantitative estimate of drug-likeness (QED) is 0.194. The van der Waals surface area contributed by atoms with Crippen molar-refractivity contribution in [1.29, 1.82) is 0 Å². The third kappa shape index (κ3) is 3.69. The first-order valence-corrected chi connectivity index (χ1v) is 15.4. The maximum Gasteiger partial charge on any atom is 0.218 e. The van der Waals surface area contributed by atoms with E-state index in [4.69, 9.17) is 0 Å². The molecule has 3 nitrogen and oxygen atoms in total. The number of para-hydroxylation sites is 1. The molecule has 44 heavy (non-hydrogen) atoms. The van der Waals surface area contributed by atoms with Crippen molar-refractivity contribution in [3.8, 4) is 22.5 Å². The van der Waals surface area contributed by atoms with Gasteiger partial charge in [-0.15, -0.1) is 0 Å². The van der Waals surface area contributed by atoms with Crippen LogP contribution in [0.15, 0.2) is 146 Å². The third-order valence-corrected chi connectivity index (χ3v) is 9.34. The molecule has 3 heteroatoms. The molecule has 0 saturated carbocycles. The maximum absolute atomic E-state index is 2.48. The van der Waals surface area contributed by atoms with E-state index in [1.54, 1.807) is 0 Å². The molecular weight excluding hydrogens is 534 g/mol. The molecule has 7 aromatic rings. The Hall–Kier alpha value is -5.54. The number of allylic oxidation sites excluding steroid dienone is 1. The van der Waals surface area contributed by atoms with Crippen LogP contribution in [-0.4, -0.2) is 0 Å². The van der Waals surface area contributed by atoms with Gasteiger partial charge < -0.3 is 4.90 Å². The van der Waals surface area contributed by atoms with E-state index < -0.39 is 0 Å². The normalized spacial score (nSPS) is 14.9. The fourth-order valence-electron chi connectivity index (χ4n) is 7.50. The van der Waals surface area contributed by atoms with E-state index in [0.29, 0.717) is 0 Å². The van der Waals surface area contributed by atoms with Crippen molar-refractivity contribution in [2.45, 2.75) is 19.4 Å². The second kappa shape index (κ2) is 9.75. The number of benzene rings is 5. The topological polar surface area (TPSA) is 11.0 Å². The van der Waals surface area contributed by atoms with Gasteiger partial charge in [0.25, 0.3) is 0 Å². The average molecular weight is 566 g/mol. The minimum atomic E-state index is 0.191. The summed E-state index contributed by atoms with van der Waals surface area (Å²) < 4.78 is 4.78. The Morgan fingerprint density at radius 1 is 0.591 bits per heavy atom. The van der Waals surface area contributed by atoms with E-state index in [-0.39, 0.29) is 5.92 Å². The minimum absolute atomic E-state index is 0.191. The van der Waals surface area contributed by atoms with Crippen molar-refractivity contribution in [2.75, 3.05) is 4.90 Å². The van der Waals surface area contributed by atoms with Gasteiger partial charge in [-0.2, -0.15) is 9.13 Å². The highest BCUT2D eigenvalue weighted by Gasteiger charge is 2.42. The number of nitrogens with zero attached hydrogens (tertiary/aromatic N) is 3. The molecule has 9 rings (SSSR count). The van der Waals surface area contributed by atoms with Crippen LogP contribution in [-0.2, 0) is 6.54 Å². The van der Waals surface area contributed by atoms with E-state index in [1.807, 2.05) is 0 Å². The summed E-state index contributed by atoms with van der Waals surface area (Å²) in [5, 5.41) is 5.01. The monoisotopic (exact) mass is 565 g/mol. The molecule has 1 atom stereocenters. The summed E-state index contributed by atoms with van der Waals surface area (Å²) in [7, 11) is 0. The van der Waals surface area contributed by atoms with Crippen LogP contribution < -0.4 is 14.0 Å². The molecule has 208 valence electrons. The van der Waals surface area contributed by atoms with Gasteiger partial charge in [0.05, 0.1) is 28.4 Å². The smallest absolute Gasteiger partial charge is 0.218 e. The molecular formula is C41H31N3+2. The number of fused-ring (bicyclic) bond motifs is 6. The van der Waals surface area contributed by atoms with Crippen LogP contribution in [0, 0.1) is 0 Å². The Balaban J connectivity index is 1.37. The molecule has 2 aromatic heterocycles. The molecule has 5 aromatic carbocycles. The van der Waals surface area contributed by atoms with Crippen LogP contribution >= 0.6 is 0 Å². The standard InChI is InChI=1S/C41H31N3/c1-2-22-42-25-30-14-8-6-12-28(30)23-38(42)33-18-10-20-36-40(33)35-27-43-26-31-15-9-7-13-29(31)24-39(43)34-19-11-21-37(41(34)35)44(36)32-16-4-3-5-17-32/h2-26,35H,27H2,1H3/q+2/b22-2+. The summed E-state index contributed by atoms with van der Waals surface area (Å²) in [6, 6.07) is 46.6. The lowest BCUT2D eigenvalue weighted by Crippen LogP contribution is -2.44. The maximum atomic E-state index is 2.48. The van der Waals surface area contributed by atoms with Gasteiger partial charge in [-0.05, 0) is 72.3 Å². The predicted molar refractivity (Wildman–Crippen MR) is 180 cm³/mol. The SMILES string of the molecule is C/C=C/[n+]1cc2ccccc2cc1-c1cccc2c1C1C[n+]3cc4ccccc4cc3-c3cccc(c31)N2c1ccccc1. The summed E-state index contributed by atoms with van der Waals surface area (Å²) in [5.41, 5.74) is 11.5. The molecule has 0 radical (unpaired) electrons. The lowest BCUT2D eigenvalue weighted by atomic mass is 9.76. The lowest BCUT2D eigenvalue weighted by Gasteiger charge is -2.40. The van der Waals surface area contributed by atoms with Gasteiger partial charge in [-0.3, -0.25) is 0 Å². The summed E-state index contributed by atoms with van der Waals surface area (Å²) in [5.74, 6) is 0.191. The zero-order valence-corrected chi connectivity index (χ0v) is 24.6. The molecule has 0 fully saturated rings. The highest BCUT2D eigenvalue weighted by molar-refractivity contribution is 5.94. The largest absolute Gasteiger partial charge is 0.310 e. The summed E-state index contributed by atoms with van der Waals surface area (Å²) in [4.78, 5) is 2.48. The van der Waals surface area contributed by atoms with Gasteiger partial charge in [-0.25, -0.2) is 0 Å².